The lowest BCUT2D eigenvalue weighted by Gasteiger charge is -2.30. The summed E-state index contributed by atoms with van der Waals surface area (Å²) in [5.74, 6) is -3.81. The fraction of sp³-hybridized carbons (Fsp3) is 0.500. The second-order valence-electron chi connectivity index (χ2n) is 4.73. The molecule has 0 amide bonds. The molecule has 0 aliphatic carbocycles. The molecule has 0 aromatic heterocycles. The average molecular weight is 271 g/mol. The van der Waals surface area contributed by atoms with Crippen LogP contribution in [0.15, 0.2) is 30.3 Å². The maximum atomic E-state index is 14.2. The molecule has 106 valence electrons. The van der Waals surface area contributed by atoms with Gasteiger partial charge in [-0.05, 0) is 13.8 Å². The zero-order chi connectivity index (χ0) is 14.5. The Morgan fingerprint density at radius 1 is 1.32 bits per heavy atom. The summed E-state index contributed by atoms with van der Waals surface area (Å²) in [5, 5.41) is 0. The molecule has 5 heteroatoms. The van der Waals surface area contributed by atoms with E-state index >= 15 is 0 Å². The summed E-state index contributed by atoms with van der Waals surface area (Å²) in [6, 6.07) is 7.40. The van der Waals surface area contributed by atoms with E-state index in [-0.39, 0.29) is 18.7 Å². The van der Waals surface area contributed by atoms with Gasteiger partial charge in [-0.15, -0.1) is 0 Å². The lowest BCUT2D eigenvalue weighted by molar-refractivity contribution is -0.160. The third-order valence-electron chi connectivity index (χ3n) is 3.03. The molecule has 2 N–H and O–H groups in total. The fourth-order valence-corrected chi connectivity index (χ4v) is 1.81. The molecule has 0 heterocycles. The van der Waals surface area contributed by atoms with Crippen LogP contribution in [0, 0.1) is 5.41 Å². The number of hydrogen-bond donors (Lipinski definition) is 1. The molecule has 0 fully saturated rings. The van der Waals surface area contributed by atoms with Gasteiger partial charge >= 0.3 is 5.97 Å². The second kappa shape index (κ2) is 6.10. The SMILES string of the molecule is CCOC(=O)C(C)(CN)CC(F)(F)c1ccccc1. The van der Waals surface area contributed by atoms with Crippen LogP contribution in [0.3, 0.4) is 0 Å². The largest absolute Gasteiger partial charge is 0.466 e. The van der Waals surface area contributed by atoms with Crippen LogP contribution in [0.2, 0.25) is 0 Å². The van der Waals surface area contributed by atoms with E-state index in [1.807, 2.05) is 0 Å². The number of alkyl halides is 2. The first kappa shape index (κ1) is 15.6. The van der Waals surface area contributed by atoms with Crippen molar-refractivity contribution >= 4 is 5.97 Å². The van der Waals surface area contributed by atoms with Crippen molar-refractivity contribution in [3.05, 3.63) is 35.9 Å². The fourth-order valence-electron chi connectivity index (χ4n) is 1.81. The van der Waals surface area contributed by atoms with E-state index in [2.05, 4.69) is 0 Å². The topological polar surface area (TPSA) is 52.3 Å². The van der Waals surface area contributed by atoms with Gasteiger partial charge in [-0.1, -0.05) is 30.3 Å². The van der Waals surface area contributed by atoms with Crippen molar-refractivity contribution < 1.29 is 18.3 Å². The lowest BCUT2D eigenvalue weighted by atomic mass is 9.82. The molecule has 19 heavy (non-hydrogen) atoms. The number of hydrogen-bond acceptors (Lipinski definition) is 3. The van der Waals surface area contributed by atoms with Crippen LogP contribution < -0.4 is 5.73 Å². The number of rotatable bonds is 6. The van der Waals surface area contributed by atoms with Gasteiger partial charge in [-0.3, -0.25) is 4.79 Å². The van der Waals surface area contributed by atoms with E-state index in [9.17, 15) is 13.6 Å². The summed E-state index contributed by atoms with van der Waals surface area (Å²) < 4.78 is 33.2. The smallest absolute Gasteiger partial charge is 0.313 e. The van der Waals surface area contributed by atoms with Crippen molar-refractivity contribution in [2.24, 2.45) is 11.1 Å². The van der Waals surface area contributed by atoms with Gasteiger partial charge in [0.15, 0.2) is 0 Å². The standard InChI is InChI=1S/C14H19F2NO2/c1-3-19-12(18)13(2,10-17)9-14(15,16)11-7-5-4-6-8-11/h4-8H,3,9-10,17H2,1-2H3. The Morgan fingerprint density at radius 2 is 1.89 bits per heavy atom. The zero-order valence-electron chi connectivity index (χ0n) is 11.2. The van der Waals surface area contributed by atoms with E-state index in [1.165, 1.54) is 31.2 Å². The van der Waals surface area contributed by atoms with Gasteiger partial charge in [0.05, 0.1) is 12.0 Å². The highest BCUT2D eigenvalue weighted by atomic mass is 19.3. The molecule has 1 atom stereocenters. The molecule has 1 aromatic rings. The summed E-state index contributed by atoms with van der Waals surface area (Å²) in [7, 11) is 0. The Kier molecular flexibility index (Phi) is 5.00. The maximum absolute atomic E-state index is 14.2. The van der Waals surface area contributed by atoms with E-state index in [0.29, 0.717) is 0 Å². The van der Waals surface area contributed by atoms with Crippen molar-refractivity contribution in [1.29, 1.82) is 0 Å². The number of esters is 1. The van der Waals surface area contributed by atoms with Crippen molar-refractivity contribution in [3.63, 3.8) is 0 Å². The minimum absolute atomic E-state index is 0.126. The second-order valence-corrected chi connectivity index (χ2v) is 4.73. The number of carbonyl (C=O) groups is 1. The molecular weight excluding hydrogens is 252 g/mol. The molecule has 0 saturated heterocycles. The Bertz CT molecular complexity index is 423. The van der Waals surface area contributed by atoms with Crippen LogP contribution in [0.1, 0.15) is 25.8 Å². The monoisotopic (exact) mass is 271 g/mol. The van der Waals surface area contributed by atoms with Gasteiger partial charge in [0.25, 0.3) is 5.92 Å². The van der Waals surface area contributed by atoms with Crippen molar-refractivity contribution in [2.45, 2.75) is 26.2 Å². The van der Waals surface area contributed by atoms with Gasteiger partial charge in [-0.25, -0.2) is 8.78 Å². The minimum atomic E-state index is -3.12. The van der Waals surface area contributed by atoms with Crippen LogP contribution in [0.4, 0.5) is 8.78 Å². The predicted molar refractivity (Wildman–Crippen MR) is 68.7 cm³/mol. The molecule has 3 nitrogen and oxygen atoms in total. The summed E-state index contributed by atoms with van der Waals surface area (Å²) in [6.45, 7) is 2.99. The van der Waals surface area contributed by atoms with Crippen LogP contribution >= 0.6 is 0 Å². The first-order valence-corrected chi connectivity index (χ1v) is 6.16. The minimum Gasteiger partial charge on any atom is -0.466 e. The highest BCUT2D eigenvalue weighted by molar-refractivity contribution is 5.76. The number of carbonyl (C=O) groups excluding carboxylic acids is 1. The van der Waals surface area contributed by atoms with E-state index < -0.39 is 23.7 Å². The van der Waals surface area contributed by atoms with E-state index in [1.54, 1.807) is 13.0 Å². The molecule has 0 spiro atoms. The third kappa shape index (κ3) is 3.73. The van der Waals surface area contributed by atoms with Gasteiger partial charge in [0.1, 0.15) is 0 Å². The molecule has 1 unspecified atom stereocenters. The van der Waals surface area contributed by atoms with Crippen LogP contribution in [-0.2, 0) is 15.5 Å². The molecule has 0 bridgehead atoms. The van der Waals surface area contributed by atoms with Crippen molar-refractivity contribution in [2.75, 3.05) is 13.2 Å². The normalized spacial score (nSPS) is 14.8. The Morgan fingerprint density at radius 3 is 2.37 bits per heavy atom. The molecule has 1 aromatic carbocycles. The lowest BCUT2D eigenvalue weighted by Crippen LogP contribution is -2.41. The summed E-state index contributed by atoms with van der Waals surface area (Å²) in [5.41, 5.74) is 3.97. The highest BCUT2D eigenvalue weighted by Crippen LogP contribution is 2.40. The molecule has 0 aliphatic heterocycles. The van der Waals surface area contributed by atoms with Gasteiger partial charge in [0.2, 0.25) is 0 Å². The Balaban J connectivity index is 2.94. The zero-order valence-corrected chi connectivity index (χ0v) is 11.2. The highest BCUT2D eigenvalue weighted by Gasteiger charge is 2.45. The first-order chi connectivity index (χ1) is 8.85. The van der Waals surface area contributed by atoms with Gasteiger partial charge < -0.3 is 10.5 Å². The van der Waals surface area contributed by atoms with Crippen molar-refractivity contribution in [3.8, 4) is 0 Å². The number of ether oxygens (including phenoxy) is 1. The molecule has 0 radical (unpaired) electrons. The molecule has 1 rings (SSSR count). The van der Waals surface area contributed by atoms with Crippen molar-refractivity contribution in [1.82, 2.24) is 0 Å². The number of nitrogens with two attached hydrogens (primary N) is 1. The van der Waals surface area contributed by atoms with E-state index in [0.717, 1.165) is 0 Å². The summed E-state index contributed by atoms with van der Waals surface area (Å²) in [4.78, 5) is 11.8. The van der Waals surface area contributed by atoms with Gasteiger partial charge in [0, 0.05) is 18.5 Å². The molecule has 0 saturated carbocycles. The Hall–Kier alpha value is -1.49. The van der Waals surface area contributed by atoms with Gasteiger partial charge in [-0.2, -0.15) is 0 Å². The quantitative estimate of drug-likeness (QED) is 0.809. The molecule has 0 aliphatic rings. The number of halogens is 2. The average Bonchev–Trinajstić information content (AvgIpc) is 2.39. The summed E-state index contributed by atoms with van der Waals surface area (Å²) in [6.07, 6.45) is -0.667. The first-order valence-electron chi connectivity index (χ1n) is 6.16. The van der Waals surface area contributed by atoms with Crippen LogP contribution in [0.25, 0.3) is 0 Å². The van der Waals surface area contributed by atoms with Crippen LogP contribution in [0.5, 0.6) is 0 Å². The maximum Gasteiger partial charge on any atom is 0.313 e. The Labute approximate surface area is 111 Å². The molecular formula is C14H19F2NO2. The summed E-state index contributed by atoms with van der Waals surface area (Å²) >= 11 is 0. The van der Waals surface area contributed by atoms with E-state index in [4.69, 9.17) is 10.5 Å². The number of benzene rings is 1. The van der Waals surface area contributed by atoms with Crippen LogP contribution in [-0.4, -0.2) is 19.1 Å². The predicted octanol–water partition coefficient (Wildman–Crippen LogP) is 2.70. The third-order valence-corrected chi connectivity index (χ3v) is 3.03.